The van der Waals surface area contributed by atoms with Crippen molar-refractivity contribution in [2.24, 2.45) is 0 Å². The lowest BCUT2D eigenvalue weighted by Gasteiger charge is -2.18. The zero-order valence-corrected chi connectivity index (χ0v) is 12.3. The Bertz CT molecular complexity index is 573. The molecule has 0 saturated carbocycles. The molecule has 0 bridgehead atoms. The molecule has 1 aromatic heterocycles. The molecular weight excluding hydrogens is 288 g/mol. The Kier molecular flexibility index (Phi) is 5.72. The average Bonchev–Trinajstić information content (AvgIpc) is 2.52. The van der Waals surface area contributed by atoms with Crippen LogP contribution in [0.5, 0.6) is 0 Å². The summed E-state index contributed by atoms with van der Waals surface area (Å²) in [6, 6.07) is 12.8. The number of carbonyl (C=O) groups is 1. The maximum absolute atomic E-state index is 12.2. The van der Waals surface area contributed by atoms with Gasteiger partial charge in [0.1, 0.15) is 5.69 Å². The molecule has 4 nitrogen and oxygen atoms in total. The number of nitrogens with one attached hydrogen (secondary N) is 1. The third kappa shape index (κ3) is 4.55. The van der Waals surface area contributed by atoms with Gasteiger partial charge in [0.2, 0.25) is 0 Å². The van der Waals surface area contributed by atoms with Crippen LogP contribution in [0.4, 0.5) is 0 Å². The monoisotopic (exact) mass is 304 g/mol. The Hall–Kier alpha value is -1.91. The predicted octanol–water partition coefficient (Wildman–Crippen LogP) is 2.98. The number of pyridine rings is 1. The standard InChI is InChI=1S/C16H17ClN2O2/c17-13-8-9-15(18-11-13)16(21)19-14(7-4-10-20)12-5-2-1-3-6-12/h1-3,5-6,8-9,11,14,20H,4,7,10H2,(H,19,21)/t14-/m1/s1. The van der Waals surface area contributed by atoms with E-state index in [1.165, 1.54) is 6.20 Å². The van der Waals surface area contributed by atoms with Gasteiger partial charge in [-0.3, -0.25) is 4.79 Å². The van der Waals surface area contributed by atoms with E-state index >= 15 is 0 Å². The van der Waals surface area contributed by atoms with E-state index < -0.39 is 0 Å². The second-order valence-electron chi connectivity index (χ2n) is 4.66. The molecule has 2 N–H and O–H groups in total. The molecule has 110 valence electrons. The first-order valence-electron chi connectivity index (χ1n) is 6.79. The summed E-state index contributed by atoms with van der Waals surface area (Å²) in [5, 5.41) is 12.4. The lowest BCUT2D eigenvalue weighted by atomic mass is 10.0. The highest BCUT2D eigenvalue weighted by Gasteiger charge is 2.16. The van der Waals surface area contributed by atoms with Gasteiger partial charge in [0.05, 0.1) is 11.1 Å². The van der Waals surface area contributed by atoms with Crippen LogP contribution in [0.25, 0.3) is 0 Å². The van der Waals surface area contributed by atoms with Gasteiger partial charge in [-0.05, 0) is 30.5 Å². The fourth-order valence-corrected chi connectivity index (χ4v) is 2.16. The molecule has 2 rings (SSSR count). The largest absolute Gasteiger partial charge is 0.396 e. The molecule has 1 atom stereocenters. The van der Waals surface area contributed by atoms with Gasteiger partial charge < -0.3 is 10.4 Å². The molecule has 2 aromatic rings. The van der Waals surface area contributed by atoms with Crippen molar-refractivity contribution in [3.8, 4) is 0 Å². The van der Waals surface area contributed by atoms with Crippen molar-refractivity contribution in [1.82, 2.24) is 10.3 Å². The van der Waals surface area contributed by atoms with Crippen LogP contribution in [0.2, 0.25) is 5.02 Å². The van der Waals surface area contributed by atoms with E-state index in [-0.39, 0.29) is 18.6 Å². The van der Waals surface area contributed by atoms with Crippen molar-refractivity contribution < 1.29 is 9.90 Å². The van der Waals surface area contributed by atoms with Gasteiger partial charge in [-0.25, -0.2) is 4.98 Å². The van der Waals surface area contributed by atoms with Crippen LogP contribution in [-0.2, 0) is 0 Å². The molecule has 1 amide bonds. The van der Waals surface area contributed by atoms with Crippen LogP contribution in [0, 0.1) is 0 Å². The first-order chi connectivity index (χ1) is 10.2. The Morgan fingerprint density at radius 1 is 1.24 bits per heavy atom. The molecule has 0 saturated heterocycles. The van der Waals surface area contributed by atoms with E-state index in [9.17, 15) is 4.79 Å². The van der Waals surface area contributed by atoms with Gasteiger partial charge >= 0.3 is 0 Å². The minimum Gasteiger partial charge on any atom is -0.396 e. The zero-order chi connectivity index (χ0) is 15.1. The van der Waals surface area contributed by atoms with Crippen molar-refractivity contribution >= 4 is 17.5 Å². The van der Waals surface area contributed by atoms with E-state index in [0.29, 0.717) is 23.6 Å². The van der Waals surface area contributed by atoms with Gasteiger partial charge in [-0.15, -0.1) is 0 Å². The van der Waals surface area contributed by atoms with Crippen molar-refractivity contribution in [3.63, 3.8) is 0 Å². The second-order valence-corrected chi connectivity index (χ2v) is 5.10. The molecule has 0 radical (unpaired) electrons. The first kappa shape index (κ1) is 15.5. The van der Waals surface area contributed by atoms with E-state index in [0.717, 1.165) is 5.56 Å². The number of carbonyl (C=O) groups excluding carboxylic acids is 1. The van der Waals surface area contributed by atoms with Crippen LogP contribution >= 0.6 is 11.6 Å². The van der Waals surface area contributed by atoms with Crippen LogP contribution in [0.15, 0.2) is 48.7 Å². The minimum absolute atomic E-state index is 0.0956. The summed E-state index contributed by atoms with van der Waals surface area (Å²) in [6.45, 7) is 0.0956. The van der Waals surface area contributed by atoms with Gasteiger partial charge in [-0.1, -0.05) is 41.9 Å². The topological polar surface area (TPSA) is 62.2 Å². The first-order valence-corrected chi connectivity index (χ1v) is 7.16. The fourth-order valence-electron chi connectivity index (χ4n) is 2.05. The number of hydrogen-bond donors (Lipinski definition) is 2. The normalized spacial score (nSPS) is 11.9. The Labute approximate surface area is 128 Å². The van der Waals surface area contributed by atoms with Gasteiger partial charge in [0.15, 0.2) is 0 Å². The van der Waals surface area contributed by atoms with Crippen LogP contribution in [-0.4, -0.2) is 22.6 Å². The third-order valence-corrected chi connectivity index (χ3v) is 3.34. The highest BCUT2D eigenvalue weighted by atomic mass is 35.5. The molecule has 0 aliphatic heterocycles. The van der Waals surface area contributed by atoms with Crippen molar-refractivity contribution in [1.29, 1.82) is 0 Å². The SMILES string of the molecule is O=C(N[C@H](CCCO)c1ccccc1)c1ccc(Cl)cn1. The Morgan fingerprint density at radius 2 is 2.00 bits per heavy atom. The Morgan fingerprint density at radius 3 is 2.62 bits per heavy atom. The van der Waals surface area contributed by atoms with Crippen LogP contribution < -0.4 is 5.32 Å². The number of aliphatic hydroxyl groups is 1. The molecule has 5 heteroatoms. The minimum atomic E-state index is -0.251. The Balaban J connectivity index is 2.11. The molecule has 0 fully saturated rings. The quantitative estimate of drug-likeness (QED) is 0.862. The molecule has 1 aromatic carbocycles. The summed E-state index contributed by atoms with van der Waals surface area (Å²) in [5.41, 5.74) is 1.33. The second kappa shape index (κ2) is 7.76. The molecule has 0 aliphatic carbocycles. The average molecular weight is 305 g/mol. The lowest BCUT2D eigenvalue weighted by molar-refractivity contribution is 0.0927. The highest BCUT2D eigenvalue weighted by molar-refractivity contribution is 6.30. The lowest BCUT2D eigenvalue weighted by Crippen LogP contribution is -2.29. The van der Waals surface area contributed by atoms with Gasteiger partial charge in [-0.2, -0.15) is 0 Å². The zero-order valence-electron chi connectivity index (χ0n) is 11.5. The fraction of sp³-hybridized carbons (Fsp3) is 0.250. The van der Waals surface area contributed by atoms with E-state index in [1.54, 1.807) is 12.1 Å². The third-order valence-electron chi connectivity index (χ3n) is 3.12. The molecule has 0 spiro atoms. The number of aliphatic hydroxyl groups excluding tert-OH is 1. The summed E-state index contributed by atoms with van der Waals surface area (Å²) in [4.78, 5) is 16.2. The van der Waals surface area contributed by atoms with Crippen LogP contribution in [0.3, 0.4) is 0 Å². The smallest absolute Gasteiger partial charge is 0.270 e. The number of halogens is 1. The number of hydrogen-bond acceptors (Lipinski definition) is 3. The molecule has 1 heterocycles. The van der Waals surface area contributed by atoms with E-state index in [2.05, 4.69) is 10.3 Å². The summed E-state index contributed by atoms with van der Waals surface area (Å²) in [7, 11) is 0. The number of aromatic nitrogens is 1. The van der Waals surface area contributed by atoms with Gasteiger partial charge in [0, 0.05) is 12.8 Å². The van der Waals surface area contributed by atoms with Crippen LogP contribution in [0.1, 0.15) is 34.9 Å². The summed E-state index contributed by atoms with van der Waals surface area (Å²) in [6.07, 6.45) is 2.73. The molecule has 0 aliphatic rings. The molecular formula is C16H17ClN2O2. The van der Waals surface area contributed by atoms with Crippen molar-refractivity contribution in [2.75, 3.05) is 6.61 Å². The van der Waals surface area contributed by atoms with E-state index in [1.807, 2.05) is 30.3 Å². The molecule has 0 unspecified atom stereocenters. The van der Waals surface area contributed by atoms with Gasteiger partial charge in [0.25, 0.3) is 5.91 Å². The van der Waals surface area contributed by atoms with Crippen molar-refractivity contribution in [3.05, 3.63) is 64.9 Å². The highest BCUT2D eigenvalue weighted by Crippen LogP contribution is 2.18. The number of rotatable bonds is 6. The maximum Gasteiger partial charge on any atom is 0.270 e. The molecule has 21 heavy (non-hydrogen) atoms. The number of benzene rings is 1. The summed E-state index contributed by atoms with van der Waals surface area (Å²) >= 11 is 5.76. The maximum atomic E-state index is 12.2. The predicted molar refractivity (Wildman–Crippen MR) is 82.2 cm³/mol. The van der Waals surface area contributed by atoms with E-state index in [4.69, 9.17) is 16.7 Å². The number of amides is 1. The summed E-state index contributed by atoms with van der Waals surface area (Å²) < 4.78 is 0. The number of nitrogens with zero attached hydrogens (tertiary/aromatic N) is 1. The van der Waals surface area contributed by atoms with Crippen molar-refractivity contribution in [2.45, 2.75) is 18.9 Å². The summed E-state index contributed by atoms with van der Waals surface area (Å²) in [5.74, 6) is -0.251.